The average molecular weight is 250 g/mol. The molecule has 0 aliphatic carbocycles. The Balaban J connectivity index is -0.000000980. The maximum atomic E-state index is 10.8. The molecule has 0 radical (unpaired) electrons. The fourth-order valence-electron chi connectivity index (χ4n) is 0.669. The summed E-state index contributed by atoms with van der Waals surface area (Å²) in [5.74, 6) is -0.491. The molecular weight excluding hydrogens is 237 g/mol. The fourth-order valence-corrected chi connectivity index (χ4v) is 1.02. The summed E-state index contributed by atoms with van der Waals surface area (Å²) in [5.41, 5.74) is 0.301. The Morgan fingerprint density at radius 1 is 1.24 bits per heavy atom. The second kappa shape index (κ2) is 11.6. The summed E-state index contributed by atoms with van der Waals surface area (Å²) in [6.07, 6.45) is 0.761. The molecule has 0 unspecified atom stereocenters. The molecule has 6 nitrogen and oxygen atoms in total. The molecule has 0 amide bonds. The molecule has 17 heavy (non-hydrogen) atoms. The van der Waals surface area contributed by atoms with E-state index in [2.05, 4.69) is 11.1 Å². The number of hydrogen-bond donors (Lipinski definition) is 0. The standard InChI is InChI=1S/C8H15O6P.2Li/c1-7(2)8(9)13-5-3-4-6-14-15(10,11)12;;/h1,3-6H2,2H3,(H2,10,11,12);;/q;2*+1/p-2. The fraction of sp³-hybridized carbons (Fsp3) is 0.625. The van der Waals surface area contributed by atoms with E-state index in [1.807, 2.05) is 0 Å². The van der Waals surface area contributed by atoms with Gasteiger partial charge in [0.25, 0.3) is 0 Å². The molecule has 0 aliphatic rings. The van der Waals surface area contributed by atoms with Gasteiger partial charge in [-0.3, -0.25) is 0 Å². The van der Waals surface area contributed by atoms with Crippen molar-refractivity contribution in [3.63, 3.8) is 0 Å². The molecular formula is C8H13Li2O6P. The predicted octanol–water partition coefficient (Wildman–Crippen LogP) is -6.26. The zero-order valence-electron chi connectivity index (χ0n) is 10.4. The molecule has 0 aromatic rings. The molecule has 0 heterocycles. The summed E-state index contributed by atoms with van der Waals surface area (Å²) >= 11 is 0. The van der Waals surface area contributed by atoms with Gasteiger partial charge in [0.1, 0.15) is 0 Å². The van der Waals surface area contributed by atoms with Crippen LogP contribution in [0.15, 0.2) is 12.2 Å². The Morgan fingerprint density at radius 3 is 2.12 bits per heavy atom. The predicted molar refractivity (Wildman–Crippen MR) is 48.6 cm³/mol. The number of ether oxygens (including phenoxy) is 1. The third-order valence-corrected chi connectivity index (χ3v) is 1.87. The molecule has 0 N–H and O–H groups in total. The summed E-state index contributed by atoms with van der Waals surface area (Å²) in [6.45, 7) is 4.87. The first-order valence-electron chi connectivity index (χ1n) is 4.32. The molecule has 0 saturated heterocycles. The van der Waals surface area contributed by atoms with E-state index in [0.717, 1.165) is 0 Å². The summed E-state index contributed by atoms with van der Waals surface area (Å²) in [6, 6.07) is 0. The van der Waals surface area contributed by atoms with Crippen molar-refractivity contribution >= 4 is 13.8 Å². The van der Waals surface area contributed by atoms with E-state index in [0.29, 0.717) is 18.4 Å². The second-order valence-electron chi connectivity index (χ2n) is 2.90. The van der Waals surface area contributed by atoms with Gasteiger partial charge in [-0.15, -0.1) is 0 Å². The minimum atomic E-state index is -4.87. The van der Waals surface area contributed by atoms with Crippen molar-refractivity contribution in [3.05, 3.63) is 12.2 Å². The van der Waals surface area contributed by atoms with Crippen LogP contribution in [0.1, 0.15) is 19.8 Å². The van der Waals surface area contributed by atoms with Gasteiger partial charge in [0.15, 0.2) is 0 Å². The zero-order valence-corrected chi connectivity index (χ0v) is 11.3. The molecule has 9 heteroatoms. The van der Waals surface area contributed by atoms with Gasteiger partial charge in [-0.2, -0.15) is 0 Å². The van der Waals surface area contributed by atoms with Crippen molar-refractivity contribution in [1.82, 2.24) is 0 Å². The molecule has 0 aromatic heterocycles. The van der Waals surface area contributed by atoms with Crippen LogP contribution in [-0.2, 0) is 18.6 Å². The van der Waals surface area contributed by atoms with Gasteiger partial charge in [-0.1, -0.05) is 6.58 Å². The van der Waals surface area contributed by atoms with Crippen LogP contribution in [-0.4, -0.2) is 19.2 Å². The summed E-state index contributed by atoms with van der Waals surface area (Å²) in [4.78, 5) is 30.9. The van der Waals surface area contributed by atoms with Crippen molar-refractivity contribution in [3.8, 4) is 0 Å². The van der Waals surface area contributed by atoms with Gasteiger partial charge in [0, 0.05) is 5.57 Å². The van der Waals surface area contributed by atoms with Crippen LogP contribution >= 0.6 is 7.82 Å². The molecule has 0 spiro atoms. The van der Waals surface area contributed by atoms with E-state index >= 15 is 0 Å². The van der Waals surface area contributed by atoms with Crippen molar-refractivity contribution < 1.29 is 66.1 Å². The van der Waals surface area contributed by atoms with Crippen molar-refractivity contribution in [2.75, 3.05) is 13.2 Å². The van der Waals surface area contributed by atoms with Crippen LogP contribution in [0, 0.1) is 0 Å². The average Bonchev–Trinajstić information content (AvgIpc) is 2.08. The number of carbonyl (C=O) groups is 1. The number of phosphoric ester groups is 1. The zero-order chi connectivity index (χ0) is 11.9. The summed E-state index contributed by atoms with van der Waals surface area (Å²) in [5, 5.41) is 0. The largest absolute Gasteiger partial charge is 1.00 e. The van der Waals surface area contributed by atoms with Crippen molar-refractivity contribution in [2.24, 2.45) is 0 Å². The number of phosphoric acid groups is 1. The maximum Gasteiger partial charge on any atom is 1.00 e. The number of esters is 1. The number of unbranched alkanes of at least 4 members (excludes halogenated alkanes) is 1. The number of carbonyl (C=O) groups excluding carboxylic acids is 1. The SMILES string of the molecule is C=C(C)C(=O)OCCCCOP(=O)([O-])[O-].[Li+].[Li+]. The van der Waals surface area contributed by atoms with Gasteiger partial charge in [0.2, 0.25) is 0 Å². The third kappa shape index (κ3) is 16.5. The number of rotatable bonds is 7. The summed E-state index contributed by atoms with van der Waals surface area (Å²) < 4.78 is 18.7. The van der Waals surface area contributed by atoms with E-state index in [1.165, 1.54) is 6.92 Å². The minimum Gasteiger partial charge on any atom is -0.790 e. The van der Waals surface area contributed by atoms with E-state index < -0.39 is 13.8 Å². The second-order valence-corrected chi connectivity index (χ2v) is 4.06. The van der Waals surface area contributed by atoms with Crippen molar-refractivity contribution in [2.45, 2.75) is 19.8 Å². The topological polar surface area (TPSA) is 98.7 Å². The first kappa shape index (κ1) is 22.7. The molecule has 88 valence electrons. The quantitative estimate of drug-likeness (QED) is 0.146. The smallest absolute Gasteiger partial charge is 0.790 e. The normalized spacial score (nSPS) is 9.82. The van der Waals surface area contributed by atoms with Crippen LogP contribution in [0.3, 0.4) is 0 Å². The van der Waals surface area contributed by atoms with Crippen LogP contribution in [0.4, 0.5) is 0 Å². The molecule has 0 aromatic carbocycles. The molecule has 0 aliphatic heterocycles. The first-order valence-corrected chi connectivity index (χ1v) is 5.78. The van der Waals surface area contributed by atoms with Gasteiger partial charge < -0.3 is 23.6 Å². The molecule has 0 fully saturated rings. The third-order valence-electron chi connectivity index (χ3n) is 1.37. The maximum absolute atomic E-state index is 10.8. The van der Waals surface area contributed by atoms with Crippen molar-refractivity contribution in [1.29, 1.82) is 0 Å². The van der Waals surface area contributed by atoms with Gasteiger partial charge in [-0.05, 0) is 19.8 Å². The van der Waals surface area contributed by atoms with Gasteiger partial charge in [0.05, 0.1) is 21.0 Å². The summed E-state index contributed by atoms with van der Waals surface area (Å²) in [7, 11) is -4.87. The van der Waals surface area contributed by atoms with Crippen LogP contribution in [0.2, 0.25) is 0 Å². The Kier molecular flexibility index (Phi) is 15.5. The molecule has 0 bridgehead atoms. The first-order chi connectivity index (χ1) is 6.83. The minimum absolute atomic E-state index is 0. The van der Waals surface area contributed by atoms with E-state index in [1.54, 1.807) is 0 Å². The number of hydrogen-bond acceptors (Lipinski definition) is 6. The van der Waals surface area contributed by atoms with E-state index in [9.17, 15) is 19.1 Å². The van der Waals surface area contributed by atoms with Crippen LogP contribution < -0.4 is 47.5 Å². The van der Waals surface area contributed by atoms with Gasteiger partial charge in [-0.25, -0.2) is 4.79 Å². The monoisotopic (exact) mass is 250 g/mol. The molecule has 0 rings (SSSR count). The van der Waals surface area contributed by atoms with Crippen LogP contribution in [0.25, 0.3) is 0 Å². The Bertz CT molecular complexity index is 277. The Labute approximate surface area is 125 Å². The molecule has 0 atom stereocenters. The van der Waals surface area contributed by atoms with E-state index in [4.69, 9.17) is 4.74 Å². The van der Waals surface area contributed by atoms with Gasteiger partial charge >= 0.3 is 43.7 Å². The Morgan fingerprint density at radius 2 is 1.71 bits per heavy atom. The van der Waals surface area contributed by atoms with Crippen LogP contribution in [0.5, 0.6) is 0 Å². The molecule has 0 saturated carbocycles. The Hall–Kier alpha value is 0.515. The van der Waals surface area contributed by atoms with E-state index in [-0.39, 0.29) is 50.9 Å².